The number of methoxy groups -OCH3 is 2. The van der Waals surface area contributed by atoms with E-state index in [1.807, 2.05) is 36.4 Å². The van der Waals surface area contributed by atoms with Crippen molar-refractivity contribution in [2.24, 2.45) is 5.92 Å². The summed E-state index contributed by atoms with van der Waals surface area (Å²) < 4.78 is 15.1. The molecule has 16 nitrogen and oxygen atoms in total. The smallest absolute Gasteiger partial charge is 0.407 e. The van der Waals surface area contributed by atoms with Gasteiger partial charge in [-0.3, -0.25) is 14.6 Å². The van der Waals surface area contributed by atoms with Crippen LogP contribution >= 0.6 is 0 Å². The number of likely N-dealkylation sites (tertiary alicyclic amines) is 2. The molecule has 6 heterocycles. The third-order valence-electron chi connectivity index (χ3n) is 12.1. The largest absolute Gasteiger partial charge is 0.453 e. The van der Waals surface area contributed by atoms with Gasteiger partial charge in [-0.1, -0.05) is 31.2 Å². The van der Waals surface area contributed by atoms with Crippen LogP contribution in [0.2, 0.25) is 0 Å². The first kappa shape index (κ1) is 40.5. The molecule has 4 atom stereocenters. The SMILES string of the molecule is CCC(NC(=O)OC)C(=O)N1CCCC1c1ncc(-c2ccc(-c3ccc4cc(-c5cnc(C6CCCN6C(=O)C(NC(=O)OC)C6CCOCC6)[nH]5)ccc4c3)nc2)[nH]1. The Kier molecular flexibility index (Phi) is 12.1. The van der Waals surface area contributed by atoms with Crippen LogP contribution < -0.4 is 10.6 Å². The Bertz CT molecular complexity index is 2340. The van der Waals surface area contributed by atoms with Gasteiger partial charge in [-0.05, 0) is 85.9 Å². The minimum absolute atomic E-state index is 0.0307. The lowest BCUT2D eigenvalue weighted by Crippen LogP contribution is -2.53. The van der Waals surface area contributed by atoms with Crippen LogP contribution in [0.15, 0.2) is 67.1 Å². The second-order valence-corrected chi connectivity index (χ2v) is 15.6. The monoisotopic (exact) mass is 817 g/mol. The molecule has 60 heavy (non-hydrogen) atoms. The first-order valence-electron chi connectivity index (χ1n) is 20.7. The molecule has 4 unspecified atom stereocenters. The Labute approximate surface area is 347 Å². The first-order valence-corrected chi connectivity index (χ1v) is 20.7. The number of hydrogen-bond donors (Lipinski definition) is 4. The molecule has 3 fully saturated rings. The van der Waals surface area contributed by atoms with E-state index in [2.05, 4.69) is 62.0 Å². The summed E-state index contributed by atoms with van der Waals surface area (Å²) in [5.74, 6) is 1.13. The summed E-state index contributed by atoms with van der Waals surface area (Å²) >= 11 is 0. The van der Waals surface area contributed by atoms with Crippen molar-refractivity contribution < 1.29 is 33.4 Å². The third kappa shape index (κ3) is 8.41. The van der Waals surface area contributed by atoms with Gasteiger partial charge in [0.15, 0.2) is 0 Å². The molecule has 16 heteroatoms. The summed E-state index contributed by atoms with van der Waals surface area (Å²) in [5.41, 5.74) is 5.32. The quantitative estimate of drug-likeness (QED) is 0.118. The molecule has 314 valence electrons. The number of imidazole rings is 2. The van der Waals surface area contributed by atoms with E-state index in [9.17, 15) is 19.2 Å². The summed E-state index contributed by atoms with van der Waals surface area (Å²) in [6.07, 6.45) is 9.23. The van der Waals surface area contributed by atoms with Crippen LogP contribution in [0.5, 0.6) is 0 Å². The van der Waals surface area contributed by atoms with Gasteiger partial charge in [0, 0.05) is 49.2 Å². The summed E-state index contributed by atoms with van der Waals surface area (Å²) in [5, 5.41) is 7.58. The fraction of sp³-hybridized carbons (Fsp3) is 0.432. The van der Waals surface area contributed by atoms with Crippen molar-refractivity contribution in [2.45, 2.75) is 76.0 Å². The third-order valence-corrected chi connectivity index (χ3v) is 12.1. The summed E-state index contributed by atoms with van der Waals surface area (Å²) in [6.45, 7) is 4.15. The normalized spacial score (nSPS) is 19.2. The van der Waals surface area contributed by atoms with Gasteiger partial charge in [-0.2, -0.15) is 0 Å². The van der Waals surface area contributed by atoms with E-state index in [-0.39, 0.29) is 29.8 Å². The van der Waals surface area contributed by atoms with Gasteiger partial charge in [0.1, 0.15) is 23.7 Å². The number of carbonyl (C=O) groups excluding carboxylic acids is 4. The first-order chi connectivity index (χ1) is 29.2. The zero-order valence-corrected chi connectivity index (χ0v) is 34.1. The maximum atomic E-state index is 14.0. The van der Waals surface area contributed by atoms with Gasteiger partial charge < -0.3 is 44.6 Å². The van der Waals surface area contributed by atoms with Gasteiger partial charge in [-0.25, -0.2) is 19.6 Å². The number of nitrogens with zero attached hydrogens (tertiary/aromatic N) is 5. The van der Waals surface area contributed by atoms with Crippen LogP contribution in [0.1, 0.15) is 75.6 Å². The number of ether oxygens (including phenoxy) is 3. The highest BCUT2D eigenvalue weighted by molar-refractivity contribution is 5.90. The lowest BCUT2D eigenvalue weighted by Gasteiger charge is -2.34. The Morgan fingerprint density at radius 2 is 1.28 bits per heavy atom. The number of fused-ring (bicyclic) bond motifs is 1. The van der Waals surface area contributed by atoms with Crippen LogP contribution in [0.4, 0.5) is 9.59 Å². The van der Waals surface area contributed by atoms with Crippen molar-refractivity contribution in [3.63, 3.8) is 0 Å². The van der Waals surface area contributed by atoms with Gasteiger partial charge in [0.25, 0.3) is 0 Å². The highest BCUT2D eigenvalue weighted by Gasteiger charge is 2.40. The summed E-state index contributed by atoms with van der Waals surface area (Å²) in [7, 11) is 2.59. The molecule has 4 amide bonds. The number of hydrogen-bond acceptors (Lipinski definition) is 10. The molecule has 3 aromatic heterocycles. The van der Waals surface area contributed by atoms with Gasteiger partial charge >= 0.3 is 12.2 Å². The van der Waals surface area contributed by atoms with E-state index in [4.69, 9.17) is 24.2 Å². The number of pyridine rings is 1. The highest BCUT2D eigenvalue weighted by Crippen LogP contribution is 2.36. The second kappa shape index (κ2) is 17.9. The fourth-order valence-electron chi connectivity index (χ4n) is 8.77. The topological polar surface area (TPSA) is 197 Å². The molecular weight excluding hydrogens is 767 g/mol. The van der Waals surface area contributed by atoms with Crippen LogP contribution in [0.25, 0.3) is 44.5 Å². The Hall–Kier alpha value is -6.29. The standard InChI is InChI=1S/C44H51N9O7/c1-4-32(50-43(56)58-2)41(54)52-17-5-7-36(52)39-47-25-35(49-39)31-13-14-33(45-23-31)29-11-9-28-22-30(12-10-27(28)21-29)34-24-46-40(48-34)37-8-6-18-53(37)42(55)38(51-44(57)59-3)26-15-19-60-20-16-26/h9-14,21-26,32,36-38H,4-8,15-20H2,1-3H3,(H,46,48)(H,47,49)(H,50,56)(H,51,57). The number of aromatic amines is 2. The molecule has 3 aliphatic heterocycles. The van der Waals surface area contributed by atoms with E-state index in [1.165, 1.54) is 14.2 Å². The molecule has 4 N–H and O–H groups in total. The van der Waals surface area contributed by atoms with Crippen molar-refractivity contribution in [1.29, 1.82) is 0 Å². The van der Waals surface area contributed by atoms with Crippen molar-refractivity contribution in [3.05, 3.63) is 78.8 Å². The van der Waals surface area contributed by atoms with Crippen molar-refractivity contribution >= 4 is 34.8 Å². The Morgan fingerprint density at radius 3 is 1.88 bits per heavy atom. The molecule has 3 saturated heterocycles. The molecular formula is C44H51N9O7. The van der Waals surface area contributed by atoms with E-state index in [0.717, 1.165) is 76.1 Å². The van der Waals surface area contributed by atoms with Gasteiger partial charge in [-0.15, -0.1) is 0 Å². The molecule has 0 saturated carbocycles. The Balaban J connectivity index is 0.935. The molecule has 2 aromatic carbocycles. The van der Waals surface area contributed by atoms with Gasteiger partial charge in [0.2, 0.25) is 11.8 Å². The fourth-order valence-corrected chi connectivity index (χ4v) is 8.77. The molecule has 8 rings (SSSR count). The van der Waals surface area contributed by atoms with E-state index < -0.39 is 24.3 Å². The number of nitrogens with one attached hydrogen (secondary N) is 4. The lowest BCUT2D eigenvalue weighted by atomic mass is 9.90. The maximum absolute atomic E-state index is 14.0. The van der Waals surface area contributed by atoms with Crippen molar-refractivity contribution in [2.75, 3.05) is 40.5 Å². The van der Waals surface area contributed by atoms with E-state index in [0.29, 0.717) is 51.4 Å². The summed E-state index contributed by atoms with van der Waals surface area (Å²) in [4.78, 5) is 76.2. The number of rotatable bonds is 11. The van der Waals surface area contributed by atoms with Gasteiger partial charge in [0.05, 0.1) is 55.8 Å². The van der Waals surface area contributed by atoms with Crippen molar-refractivity contribution in [3.8, 4) is 33.8 Å². The Morgan fingerprint density at radius 1 is 0.717 bits per heavy atom. The number of aromatic nitrogens is 5. The van der Waals surface area contributed by atoms with Crippen LogP contribution in [0, 0.1) is 5.92 Å². The van der Waals surface area contributed by atoms with Crippen LogP contribution in [-0.4, -0.2) is 111 Å². The predicted molar refractivity (Wildman–Crippen MR) is 222 cm³/mol. The minimum atomic E-state index is -0.688. The molecule has 3 aliphatic rings. The number of H-pyrrole nitrogens is 2. The number of benzene rings is 2. The van der Waals surface area contributed by atoms with Crippen LogP contribution in [0.3, 0.4) is 0 Å². The molecule has 5 aromatic rings. The number of amides is 4. The average Bonchev–Trinajstić information content (AvgIpc) is 4.14. The lowest BCUT2D eigenvalue weighted by molar-refractivity contribution is -0.137. The van der Waals surface area contributed by atoms with Crippen molar-refractivity contribution in [1.82, 2.24) is 45.4 Å². The highest BCUT2D eigenvalue weighted by atomic mass is 16.5. The minimum Gasteiger partial charge on any atom is -0.453 e. The predicted octanol–water partition coefficient (Wildman–Crippen LogP) is 6.29. The number of carbonyl (C=O) groups is 4. The molecule has 0 bridgehead atoms. The zero-order valence-electron chi connectivity index (χ0n) is 34.1. The average molecular weight is 818 g/mol. The number of alkyl carbamates (subject to hydrolysis) is 2. The second-order valence-electron chi connectivity index (χ2n) is 15.6. The van der Waals surface area contributed by atoms with E-state index >= 15 is 0 Å². The van der Waals surface area contributed by atoms with Crippen LogP contribution in [-0.2, 0) is 23.8 Å². The summed E-state index contributed by atoms with van der Waals surface area (Å²) in [6, 6.07) is 14.7. The maximum Gasteiger partial charge on any atom is 0.407 e. The molecule has 0 aliphatic carbocycles. The zero-order chi connectivity index (χ0) is 41.8. The molecule has 0 radical (unpaired) electrons. The van der Waals surface area contributed by atoms with E-state index in [1.54, 1.807) is 11.1 Å². The molecule has 0 spiro atoms.